The van der Waals surface area contributed by atoms with Gasteiger partial charge in [-0.15, -0.1) is 0 Å². The van der Waals surface area contributed by atoms with Gasteiger partial charge in [-0.25, -0.2) is 0 Å². The second kappa shape index (κ2) is 16.5. The molecule has 9 N–H and O–H groups in total. The largest absolute Gasteiger partial charge is 0.387 e. The van der Waals surface area contributed by atoms with Crippen LogP contribution in [0.5, 0.6) is 0 Å². The van der Waals surface area contributed by atoms with Gasteiger partial charge in [-0.1, -0.05) is 13.8 Å². The second-order valence-corrected chi connectivity index (χ2v) is 12.9. The Hall–Kier alpha value is -0.640. The molecule has 16 nitrogen and oxygen atoms in total. The molecule has 16 heteroatoms. The maximum absolute atomic E-state index is 10.5. The van der Waals surface area contributed by atoms with Crippen LogP contribution < -0.4 is 0 Å². The molecule has 3 aliphatic heterocycles. The molecule has 262 valence electrons. The Morgan fingerprint density at radius 1 is 0.432 bits per heavy atom. The van der Waals surface area contributed by atoms with Gasteiger partial charge in [0, 0.05) is 0 Å². The summed E-state index contributed by atoms with van der Waals surface area (Å²) in [7, 11) is 0. The van der Waals surface area contributed by atoms with Crippen molar-refractivity contribution in [3.05, 3.63) is 0 Å². The number of aliphatic hydroxyl groups excluding tert-OH is 9. The molecule has 0 spiro atoms. The van der Waals surface area contributed by atoms with E-state index in [1.165, 1.54) is 0 Å². The Morgan fingerprint density at radius 2 is 0.750 bits per heavy atom. The highest BCUT2D eigenvalue weighted by molar-refractivity contribution is 4.93. The fourth-order valence-electron chi connectivity index (χ4n) is 4.60. The average molecular weight is 647 g/mol. The van der Waals surface area contributed by atoms with E-state index in [-0.39, 0.29) is 6.61 Å². The minimum atomic E-state index is -1.77. The Balaban J connectivity index is 0.00000330. The van der Waals surface area contributed by atoms with Gasteiger partial charge in [0.1, 0.15) is 73.2 Å². The van der Waals surface area contributed by atoms with E-state index < -0.39 is 117 Å². The monoisotopic (exact) mass is 646 g/mol. The van der Waals surface area contributed by atoms with E-state index in [9.17, 15) is 46.0 Å². The van der Waals surface area contributed by atoms with Crippen LogP contribution in [0.1, 0.15) is 55.4 Å². The number of aliphatic hydroxyl groups is 9. The van der Waals surface area contributed by atoms with E-state index in [1.807, 2.05) is 13.8 Å². The molecule has 0 bridgehead atoms. The van der Waals surface area contributed by atoms with Crippen LogP contribution in [0.15, 0.2) is 0 Å². The van der Waals surface area contributed by atoms with Crippen molar-refractivity contribution in [3.8, 4) is 0 Å². The molecular formula is C28H54O16. The van der Waals surface area contributed by atoms with Gasteiger partial charge in [0.2, 0.25) is 0 Å². The summed E-state index contributed by atoms with van der Waals surface area (Å²) in [6.45, 7) is 13.3. The summed E-state index contributed by atoms with van der Waals surface area (Å²) in [6.07, 6.45) is -22.8. The van der Waals surface area contributed by atoms with E-state index in [2.05, 4.69) is 0 Å². The second-order valence-electron chi connectivity index (χ2n) is 12.9. The van der Waals surface area contributed by atoms with E-state index in [0.717, 1.165) is 0 Å². The molecule has 3 heterocycles. The molecule has 0 aromatic rings. The van der Waals surface area contributed by atoms with Crippen molar-refractivity contribution in [1.82, 2.24) is 0 Å². The topological polar surface area (TPSA) is 247 Å². The molecule has 0 aromatic heterocycles. The van der Waals surface area contributed by atoms with Crippen LogP contribution in [0.3, 0.4) is 0 Å². The van der Waals surface area contributed by atoms with Gasteiger partial charge in [0.05, 0.1) is 31.0 Å². The lowest BCUT2D eigenvalue weighted by Gasteiger charge is -2.44. The summed E-state index contributed by atoms with van der Waals surface area (Å²) < 4.78 is 39.1. The van der Waals surface area contributed by atoms with E-state index >= 15 is 0 Å². The highest BCUT2D eigenvalue weighted by Gasteiger charge is 2.49. The molecule has 0 aliphatic carbocycles. The third kappa shape index (κ3) is 10.4. The summed E-state index contributed by atoms with van der Waals surface area (Å²) in [5.74, 6) is 0. The third-order valence-corrected chi connectivity index (χ3v) is 7.01. The highest BCUT2D eigenvalue weighted by atomic mass is 16.7. The molecule has 15 atom stereocenters. The van der Waals surface area contributed by atoms with Crippen LogP contribution in [0, 0.1) is 0 Å². The molecule has 0 saturated carbocycles. The maximum Gasteiger partial charge on any atom is 0.187 e. The van der Waals surface area contributed by atoms with Crippen molar-refractivity contribution >= 4 is 0 Å². The number of hydrogen-bond acceptors (Lipinski definition) is 16. The molecular weight excluding hydrogens is 592 g/mol. The first kappa shape index (κ1) is 39.5. The van der Waals surface area contributed by atoms with E-state index in [0.29, 0.717) is 0 Å². The number of hydrogen-bond donors (Lipinski definition) is 9. The van der Waals surface area contributed by atoms with Crippen LogP contribution in [-0.4, -0.2) is 169 Å². The summed E-state index contributed by atoms with van der Waals surface area (Å²) >= 11 is 0. The van der Waals surface area contributed by atoms with Gasteiger partial charge in [0.25, 0.3) is 0 Å². The van der Waals surface area contributed by atoms with Crippen molar-refractivity contribution in [3.63, 3.8) is 0 Å². The molecule has 15 unspecified atom stereocenters. The van der Waals surface area contributed by atoms with Crippen LogP contribution in [0.4, 0.5) is 0 Å². The van der Waals surface area contributed by atoms with Crippen molar-refractivity contribution in [1.29, 1.82) is 0 Å². The van der Waals surface area contributed by atoms with E-state index in [1.54, 1.807) is 41.5 Å². The predicted molar refractivity (Wildman–Crippen MR) is 150 cm³/mol. The van der Waals surface area contributed by atoms with Gasteiger partial charge in [-0.05, 0) is 41.5 Å². The summed E-state index contributed by atoms with van der Waals surface area (Å²) in [5.41, 5.74) is -1.35. The minimum Gasteiger partial charge on any atom is -0.387 e. The number of rotatable bonds is 9. The van der Waals surface area contributed by atoms with Gasteiger partial charge in [-0.2, -0.15) is 0 Å². The lowest BCUT2D eigenvalue weighted by Crippen LogP contribution is -2.63. The van der Waals surface area contributed by atoms with Gasteiger partial charge in [-0.3, -0.25) is 0 Å². The first-order chi connectivity index (χ1) is 20.3. The number of ether oxygens (including phenoxy) is 7. The molecule has 0 radical (unpaired) electrons. The van der Waals surface area contributed by atoms with Crippen LogP contribution in [0.25, 0.3) is 0 Å². The zero-order chi connectivity index (χ0) is 33.7. The quantitative estimate of drug-likeness (QED) is 0.122. The molecule has 3 saturated heterocycles. The van der Waals surface area contributed by atoms with Crippen LogP contribution in [-0.2, 0) is 33.2 Å². The smallest absolute Gasteiger partial charge is 0.187 e. The Labute approximate surface area is 258 Å². The lowest BCUT2D eigenvalue weighted by atomic mass is 9.98. The zero-order valence-electron chi connectivity index (χ0n) is 26.7. The summed E-state index contributed by atoms with van der Waals surface area (Å²) in [4.78, 5) is 0. The first-order valence-electron chi connectivity index (χ1n) is 14.9. The zero-order valence-corrected chi connectivity index (χ0v) is 26.7. The predicted octanol–water partition coefficient (Wildman–Crippen LogP) is -2.90. The third-order valence-electron chi connectivity index (χ3n) is 7.01. The van der Waals surface area contributed by atoms with Crippen molar-refractivity contribution in [2.24, 2.45) is 0 Å². The normalized spacial score (nSPS) is 43.7. The minimum absolute atomic E-state index is 0.125. The molecule has 44 heavy (non-hydrogen) atoms. The van der Waals surface area contributed by atoms with E-state index in [4.69, 9.17) is 33.2 Å². The average Bonchev–Trinajstić information content (AvgIpc) is 2.94. The van der Waals surface area contributed by atoms with Crippen LogP contribution in [0.2, 0.25) is 0 Å². The molecule has 3 fully saturated rings. The highest BCUT2D eigenvalue weighted by Crippen LogP contribution is 2.29. The van der Waals surface area contributed by atoms with Gasteiger partial charge < -0.3 is 79.1 Å². The molecule has 3 rings (SSSR count). The van der Waals surface area contributed by atoms with Gasteiger partial charge in [0.15, 0.2) is 18.9 Å². The molecule has 0 amide bonds. The molecule has 3 aliphatic rings. The Kier molecular flexibility index (Phi) is 14.8. The van der Waals surface area contributed by atoms with Gasteiger partial charge >= 0.3 is 0 Å². The Bertz CT molecular complexity index is 835. The first-order valence-corrected chi connectivity index (χ1v) is 14.9. The fraction of sp³-hybridized carbons (Fsp3) is 1.00. The van der Waals surface area contributed by atoms with Crippen molar-refractivity contribution in [2.75, 3.05) is 19.8 Å². The summed E-state index contributed by atoms with van der Waals surface area (Å²) in [6, 6.07) is 0. The molecule has 0 aromatic carbocycles. The lowest BCUT2D eigenvalue weighted by molar-refractivity contribution is -0.348. The maximum atomic E-state index is 10.5. The van der Waals surface area contributed by atoms with Crippen molar-refractivity contribution in [2.45, 2.75) is 159 Å². The fourth-order valence-corrected chi connectivity index (χ4v) is 4.60. The standard InChI is InChI=1S/C26H48O16.C2H6/c1-25(2,3)38-9-12-15(29)17(31)20(34)23(40-12)36-7-10-13(27)16(30)19(33)22(39-10)37-8-11-14(28)18(32)21(35)24(41-11)42-26(4,5)6;1-2/h10-24,27-35H,7-9H2,1-6H3;1-2H3. The SMILES string of the molecule is CC.CC(C)(C)OCC1OC(OCC2OC(OCC3OC(OC(C)(C)C)C(O)C(O)C3O)C(O)C(O)C2O)C(O)C(O)C1O. The summed E-state index contributed by atoms with van der Waals surface area (Å²) in [5, 5.41) is 93.2. The van der Waals surface area contributed by atoms with Crippen LogP contribution >= 0.6 is 0 Å². The Morgan fingerprint density at radius 3 is 1.09 bits per heavy atom. The van der Waals surface area contributed by atoms with Crippen molar-refractivity contribution < 1.29 is 79.1 Å².